The smallest absolute Gasteiger partial charge is 0.319 e. The standard InChI is InChI=1S/C17H17FN2O2/c1-22-16-7-5-14(6-8-16)12-20-17(21)19-10-9-13-3-2-4-15(18)11-13/h2-11H,12H2,1H3,(H2,19,20,21)/b10-9+. The van der Waals surface area contributed by atoms with Crippen molar-refractivity contribution in [1.29, 1.82) is 0 Å². The van der Waals surface area contributed by atoms with Gasteiger partial charge in [0.15, 0.2) is 0 Å². The normalized spacial score (nSPS) is 10.5. The Morgan fingerprint density at radius 3 is 2.68 bits per heavy atom. The number of urea groups is 1. The summed E-state index contributed by atoms with van der Waals surface area (Å²) in [5.74, 6) is 0.456. The summed E-state index contributed by atoms with van der Waals surface area (Å²) >= 11 is 0. The molecule has 0 saturated heterocycles. The number of hydrogen-bond acceptors (Lipinski definition) is 2. The van der Waals surface area contributed by atoms with Gasteiger partial charge in [0.25, 0.3) is 0 Å². The molecule has 2 amide bonds. The van der Waals surface area contributed by atoms with Crippen molar-refractivity contribution >= 4 is 12.1 Å². The number of rotatable bonds is 5. The van der Waals surface area contributed by atoms with E-state index in [1.165, 1.54) is 18.3 Å². The van der Waals surface area contributed by atoms with Crippen LogP contribution < -0.4 is 15.4 Å². The van der Waals surface area contributed by atoms with Crippen LogP contribution in [0.1, 0.15) is 11.1 Å². The summed E-state index contributed by atoms with van der Waals surface area (Å²) in [4.78, 5) is 11.6. The maximum atomic E-state index is 13.0. The molecule has 2 rings (SSSR count). The van der Waals surface area contributed by atoms with Gasteiger partial charge < -0.3 is 15.4 Å². The van der Waals surface area contributed by atoms with Crippen LogP contribution in [0.5, 0.6) is 5.75 Å². The minimum absolute atomic E-state index is 0.314. The number of methoxy groups -OCH3 is 1. The van der Waals surface area contributed by atoms with Gasteiger partial charge in [-0.25, -0.2) is 9.18 Å². The molecule has 2 aromatic rings. The minimum atomic E-state index is -0.330. The number of ether oxygens (including phenoxy) is 1. The lowest BCUT2D eigenvalue weighted by Crippen LogP contribution is -2.31. The molecule has 0 aliphatic heterocycles. The van der Waals surface area contributed by atoms with Crippen molar-refractivity contribution in [3.8, 4) is 5.75 Å². The zero-order valence-electron chi connectivity index (χ0n) is 12.2. The highest BCUT2D eigenvalue weighted by atomic mass is 19.1. The second-order valence-electron chi connectivity index (χ2n) is 4.56. The van der Waals surface area contributed by atoms with Gasteiger partial charge >= 0.3 is 6.03 Å². The van der Waals surface area contributed by atoms with Crippen molar-refractivity contribution in [2.24, 2.45) is 0 Å². The first-order valence-electron chi connectivity index (χ1n) is 6.77. The van der Waals surface area contributed by atoms with E-state index in [0.29, 0.717) is 12.1 Å². The number of benzene rings is 2. The summed E-state index contributed by atoms with van der Waals surface area (Å²) in [7, 11) is 1.60. The fourth-order valence-corrected chi connectivity index (χ4v) is 1.80. The van der Waals surface area contributed by atoms with Crippen molar-refractivity contribution < 1.29 is 13.9 Å². The summed E-state index contributed by atoms with van der Waals surface area (Å²) < 4.78 is 18.0. The molecule has 0 fully saturated rings. The molecule has 0 aromatic heterocycles. The summed E-state index contributed by atoms with van der Waals surface area (Å²) in [6.07, 6.45) is 3.09. The van der Waals surface area contributed by atoms with Gasteiger partial charge in [-0.05, 0) is 41.5 Å². The third-order valence-corrected chi connectivity index (χ3v) is 2.95. The summed E-state index contributed by atoms with van der Waals surface area (Å²) in [6, 6.07) is 13.2. The van der Waals surface area contributed by atoms with Crippen LogP contribution in [0.3, 0.4) is 0 Å². The second-order valence-corrected chi connectivity index (χ2v) is 4.56. The van der Waals surface area contributed by atoms with E-state index in [1.54, 1.807) is 25.3 Å². The molecule has 22 heavy (non-hydrogen) atoms. The molecule has 0 aliphatic carbocycles. The maximum absolute atomic E-state index is 13.0. The lowest BCUT2D eigenvalue weighted by atomic mass is 10.2. The van der Waals surface area contributed by atoms with Gasteiger partial charge in [-0.1, -0.05) is 24.3 Å². The van der Waals surface area contributed by atoms with Crippen LogP contribution in [0, 0.1) is 5.82 Å². The molecule has 0 bridgehead atoms. The predicted molar refractivity (Wildman–Crippen MR) is 83.8 cm³/mol. The first kappa shape index (κ1) is 15.6. The molecule has 4 nitrogen and oxygen atoms in total. The zero-order valence-corrected chi connectivity index (χ0v) is 12.2. The van der Waals surface area contributed by atoms with Crippen molar-refractivity contribution in [3.05, 3.63) is 71.7 Å². The highest BCUT2D eigenvalue weighted by molar-refractivity contribution is 5.75. The lowest BCUT2D eigenvalue weighted by Gasteiger charge is -2.06. The number of amides is 2. The minimum Gasteiger partial charge on any atom is -0.497 e. The Morgan fingerprint density at radius 1 is 1.23 bits per heavy atom. The first-order valence-corrected chi connectivity index (χ1v) is 6.77. The number of halogens is 1. The molecule has 5 heteroatoms. The van der Waals surface area contributed by atoms with Crippen molar-refractivity contribution in [3.63, 3.8) is 0 Å². The Kier molecular flexibility index (Phi) is 5.54. The molecular weight excluding hydrogens is 283 g/mol. The zero-order chi connectivity index (χ0) is 15.8. The van der Waals surface area contributed by atoms with Gasteiger partial charge in [0.1, 0.15) is 11.6 Å². The summed E-state index contributed by atoms with van der Waals surface area (Å²) in [5, 5.41) is 5.28. The Bertz CT molecular complexity index is 654. The van der Waals surface area contributed by atoms with Gasteiger partial charge in [-0.15, -0.1) is 0 Å². The number of nitrogens with one attached hydrogen (secondary N) is 2. The molecule has 114 valence electrons. The van der Waals surface area contributed by atoms with Crippen molar-refractivity contribution in [2.45, 2.75) is 6.54 Å². The van der Waals surface area contributed by atoms with E-state index in [2.05, 4.69) is 10.6 Å². The summed E-state index contributed by atoms with van der Waals surface area (Å²) in [6.45, 7) is 0.406. The molecular formula is C17H17FN2O2. The second kappa shape index (κ2) is 7.83. The van der Waals surface area contributed by atoms with E-state index in [1.807, 2.05) is 24.3 Å². The Hall–Kier alpha value is -2.82. The highest BCUT2D eigenvalue weighted by Gasteiger charge is 1.98. The highest BCUT2D eigenvalue weighted by Crippen LogP contribution is 2.10. The van der Waals surface area contributed by atoms with E-state index >= 15 is 0 Å². The van der Waals surface area contributed by atoms with E-state index < -0.39 is 0 Å². The molecule has 0 spiro atoms. The predicted octanol–water partition coefficient (Wildman–Crippen LogP) is 3.30. The van der Waals surface area contributed by atoms with Gasteiger partial charge in [-0.2, -0.15) is 0 Å². The SMILES string of the molecule is COc1ccc(CNC(=O)N/C=C/c2cccc(F)c2)cc1. The van der Waals surface area contributed by atoms with E-state index in [9.17, 15) is 9.18 Å². The lowest BCUT2D eigenvalue weighted by molar-refractivity contribution is 0.244. The molecule has 0 aliphatic rings. The molecule has 0 atom stereocenters. The fourth-order valence-electron chi connectivity index (χ4n) is 1.80. The van der Waals surface area contributed by atoms with Crippen LogP contribution in [0.4, 0.5) is 9.18 Å². The number of carbonyl (C=O) groups is 1. The van der Waals surface area contributed by atoms with Crippen molar-refractivity contribution in [1.82, 2.24) is 10.6 Å². The maximum Gasteiger partial charge on any atom is 0.319 e. The Labute approximate surface area is 128 Å². The summed E-state index contributed by atoms with van der Waals surface area (Å²) in [5.41, 5.74) is 1.64. The van der Waals surface area contributed by atoms with Gasteiger partial charge in [0, 0.05) is 12.7 Å². The van der Waals surface area contributed by atoms with Crippen LogP contribution >= 0.6 is 0 Å². The van der Waals surface area contributed by atoms with Crippen LogP contribution in [0.2, 0.25) is 0 Å². The molecule has 0 saturated carbocycles. The van der Waals surface area contributed by atoms with E-state index in [0.717, 1.165) is 11.3 Å². The fraction of sp³-hybridized carbons (Fsp3) is 0.118. The monoisotopic (exact) mass is 300 g/mol. The van der Waals surface area contributed by atoms with Crippen LogP contribution in [0.15, 0.2) is 54.7 Å². The topological polar surface area (TPSA) is 50.4 Å². The Balaban J connectivity index is 1.77. The number of carbonyl (C=O) groups excluding carboxylic acids is 1. The molecule has 0 heterocycles. The largest absolute Gasteiger partial charge is 0.497 e. The first-order chi connectivity index (χ1) is 10.7. The third kappa shape index (κ3) is 4.94. The van der Waals surface area contributed by atoms with Crippen LogP contribution in [-0.2, 0) is 6.54 Å². The average Bonchev–Trinajstić information content (AvgIpc) is 2.53. The van der Waals surface area contributed by atoms with Gasteiger partial charge in [-0.3, -0.25) is 0 Å². The molecule has 0 unspecified atom stereocenters. The van der Waals surface area contributed by atoms with Crippen LogP contribution in [-0.4, -0.2) is 13.1 Å². The Morgan fingerprint density at radius 2 is 2.00 bits per heavy atom. The average molecular weight is 300 g/mol. The van der Waals surface area contributed by atoms with Crippen molar-refractivity contribution in [2.75, 3.05) is 7.11 Å². The number of hydrogen-bond donors (Lipinski definition) is 2. The quantitative estimate of drug-likeness (QED) is 0.890. The molecule has 2 N–H and O–H groups in total. The van der Waals surface area contributed by atoms with Crippen LogP contribution in [0.25, 0.3) is 6.08 Å². The molecule has 2 aromatic carbocycles. The van der Waals surface area contributed by atoms with Gasteiger partial charge in [0.2, 0.25) is 0 Å². The molecule has 0 radical (unpaired) electrons. The van der Waals surface area contributed by atoms with E-state index in [4.69, 9.17) is 4.74 Å². The van der Waals surface area contributed by atoms with E-state index in [-0.39, 0.29) is 11.8 Å². The third-order valence-electron chi connectivity index (χ3n) is 2.95. The van der Waals surface area contributed by atoms with Gasteiger partial charge in [0.05, 0.1) is 7.11 Å².